The van der Waals surface area contributed by atoms with Gasteiger partial charge in [-0.1, -0.05) is 41.9 Å². The first-order valence-electron chi connectivity index (χ1n) is 9.97. The minimum Gasteiger partial charge on any atom is -0.492 e. The monoisotopic (exact) mass is 395 g/mol. The van der Waals surface area contributed by atoms with Gasteiger partial charge in [-0.05, 0) is 48.9 Å². The number of hydrogen-bond donors (Lipinski definition) is 1. The Hall–Kier alpha value is -2.30. The van der Waals surface area contributed by atoms with Crippen LogP contribution in [0.3, 0.4) is 0 Å². The van der Waals surface area contributed by atoms with E-state index in [0.717, 1.165) is 44.0 Å². The Balaban J connectivity index is 1.35. The van der Waals surface area contributed by atoms with Crippen molar-refractivity contribution in [3.05, 3.63) is 65.3 Å². The predicted molar refractivity (Wildman–Crippen MR) is 116 cm³/mol. The number of ether oxygens (including phenoxy) is 1. The molecular formula is C23H26ClN3O. The molecule has 0 atom stereocenters. The molecule has 2 aromatic carbocycles. The highest BCUT2D eigenvalue weighted by molar-refractivity contribution is 6.32. The van der Waals surface area contributed by atoms with Crippen molar-refractivity contribution in [1.29, 1.82) is 0 Å². The van der Waals surface area contributed by atoms with Gasteiger partial charge in [-0.15, -0.1) is 0 Å². The highest BCUT2D eigenvalue weighted by Crippen LogP contribution is 2.27. The maximum atomic E-state index is 6.20. The van der Waals surface area contributed by atoms with Gasteiger partial charge in [-0.3, -0.25) is 4.90 Å². The smallest absolute Gasteiger partial charge is 0.138 e. The van der Waals surface area contributed by atoms with Crippen LogP contribution in [-0.4, -0.2) is 35.6 Å². The van der Waals surface area contributed by atoms with E-state index in [1.165, 1.54) is 16.3 Å². The number of benzene rings is 2. The molecule has 0 radical (unpaired) electrons. The molecule has 1 N–H and O–H groups in total. The number of hydrogen-bond acceptors (Lipinski definition) is 4. The highest BCUT2D eigenvalue weighted by Gasteiger charge is 2.20. The summed E-state index contributed by atoms with van der Waals surface area (Å²) in [6, 6.07) is 17.0. The Morgan fingerprint density at radius 1 is 1.14 bits per heavy atom. The first kappa shape index (κ1) is 19.0. The van der Waals surface area contributed by atoms with E-state index < -0.39 is 0 Å². The van der Waals surface area contributed by atoms with E-state index in [2.05, 4.69) is 57.7 Å². The topological polar surface area (TPSA) is 37.4 Å². The van der Waals surface area contributed by atoms with Crippen molar-refractivity contribution in [2.45, 2.75) is 32.4 Å². The average molecular weight is 396 g/mol. The molecule has 0 bridgehead atoms. The predicted octanol–water partition coefficient (Wildman–Crippen LogP) is 5.36. The summed E-state index contributed by atoms with van der Waals surface area (Å²) in [6.45, 7) is 5.66. The molecule has 1 saturated heterocycles. The third-order valence-corrected chi connectivity index (χ3v) is 5.62. The molecule has 28 heavy (non-hydrogen) atoms. The second-order valence-corrected chi connectivity index (χ2v) is 7.68. The van der Waals surface area contributed by atoms with Crippen molar-refractivity contribution in [2.75, 3.05) is 25.0 Å². The van der Waals surface area contributed by atoms with Gasteiger partial charge in [0.1, 0.15) is 11.6 Å². The van der Waals surface area contributed by atoms with Gasteiger partial charge in [0, 0.05) is 37.3 Å². The fraction of sp³-hybridized carbons (Fsp3) is 0.348. The first-order chi connectivity index (χ1) is 13.7. The summed E-state index contributed by atoms with van der Waals surface area (Å²) in [4.78, 5) is 7.07. The number of pyridine rings is 1. The van der Waals surface area contributed by atoms with Crippen LogP contribution in [-0.2, 0) is 6.54 Å². The summed E-state index contributed by atoms with van der Waals surface area (Å²) >= 11 is 6.20. The van der Waals surface area contributed by atoms with Gasteiger partial charge in [-0.25, -0.2) is 4.98 Å². The van der Waals surface area contributed by atoms with E-state index in [4.69, 9.17) is 16.3 Å². The van der Waals surface area contributed by atoms with Crippen molar-refractivity contribution in [1.82, 2.24) is 9.88 Å². The molecule has 5 heteroatoms. The second kappa shape index (κ2) is 8.80. The van der Waals surface area contributed by atoms with Gasteiger partial charge < -0.3 is 10.1 Å². The standard InChI is InChI=1S/C23H26ClN3O/c1-2-28-22-15-17(7-8-21(22)24)16-27-13-10-19(11-14-27)26-23-20-6-4-3-5-18(20)9-12-25-23/h3-9,12,15,19H,2,10-11,13-14,16H2,1H3,(H,25,26). The molecule has 2 heterocycles. The maximum absolute atomic E-state index is 6.20. The molecule has 1 aliphatic rings. The molecule has 0 amide bonds. The number of aromatic nitrogens is 1. The molecule has 0 spiro atoms. The van der Waals surface area contributed by atoms with Gasteiger partial charge in [0.2, 0.25) is 0 Å². The van der Waals surface area contributed by atoms with Gasteiger partial charge in [0.25, 0.3) is 0 Å². The van der Waals surface area contributed by atoms with E-state index in [-0.39, 0.29) is 0 Å². The van der Waals surface area contributed by atoms with Crippen LogP contribution in [0.25, 0.3) is 10.8 Å². The van der Waals surface area contributed by atoms with Crippen LogP contribution in [0.4, 0.5) is 5.82 Å². The van der Waals surface area contributed by atoms with Crippen LogP contribution >= 0.6 is 11.6 Å². The van der Waals surface area contributed by atoms with Gasteiger partial charge in [0.05, 0.1) is 11.6 Å². The van der Waals surface area contributed by atoms with Crippen molar-refractivity contribution in [2.24, 2.45) is 0 Å². The Morgan fingerprint density at radius 2 is 1.96 bits per heavy atom. The summed E-state index contributed by atoms with van der Waals surface area (Å²) in [7, 11) is 0. The maximum Gasteiger partial charge on any atom is 0.138 e. The number of fused-ring (bicyclic) bond motifs is 1. The number of rotatable bonds is 6. The lowest BCUT2D eigenvalue weighted by atomic mass is 10.0. The molecule has 146 valence electrons. The molecule has 0 aliphatic carbocycles. The molecule has 4 nitrogen and oxygen atoms in total. The Labute approximate surface area is 171 Å². The summed E-state index contributed by atoms with van der Waals surface area (Å²) in [5, 5.41) is 6.76. The quantitative estimate of drug-likeness (QED) is 0.609. The van der Waals surface area contributed by atoms with Crippen LogP contribution in [0.15, 0.2) is 54.7 Å². The van der Waals surface area contributed by atoms with E-state index >= 15 is 0 Å². The van der Waals surface area contributed by atoms with Crippen molar-refractivity contribution >= 4 is 28.2 Å². The van der Waals surface area contributed by atoms with Crippen LogP contribution in [0.1, 0.15) is 25.3 Å². The first-order valence-corrected chi connectivity index (χ1v) is 10.3. The van der Waals surface area contributed by atoms with Crippen molar-refractivity contribution < 1.29 is 4.74 Å². The van der Waals surface area contributed by atoms with Crippen LogP contribution in [0.2, 0.25) is 5.02 Å². The largest absolute Gasteiger partial charge is 0.492 e. The molecule has 0 unspecified atom stereocenters. The number of halogens is 1. The molecule has 1 aliphatic heterocycles. The van der Waals surface area contributed by atoms with Crippen LogP contribution < -0.4 is 10.1 Å². The molecule has 1 aromatic heterocycles. The lowest BCUT2D eigenvalue weighted by molar-refractivity contribution is 0.211. The summed E-state index contributed by atoms with van der Waals surface area (Å²) < 4.78 is 5.62. The summed E-state index contributed by atoms with van der Waals surface area (Å²) in [5.41, 5.74) is 1.25. The minimum absolute atomic E-state index is 0.457. The van der Waals surface area contributed by atoms with Gasteiger partial charge in [-0.2, -0.15) is 0 Å². The van der Waals surface area contributed by atoms with E-state index in [0.29, 0.717) is 17.7 Å². The number of anilines is 1. The molecule has 0 saturated carbocycles. The van der Waals surface area contributed by atoms with Crippen LogP contribution in [0.5, 0.6) is 5.75 Å². The second-order valence-electron chi connectivity index (χ2n) is 7.27. The number of nitrogens with one attached hydrogen (secondary N) is 1. The Kier molecular flexibility index (Phi) is 5.98. The average Bonchev–Trinajstić information content (AvgIpc) is 2.72. The third-order valence-electron chi connectivity index (χ3n) is 5.30. The van der Waals surface area contributed by atoms with E-state index in [1.54, 1.807) is 0 Å². The SMILES string of the molecule is CCOc1cc(CN2CCC(Nc3nccc4ccccc34)CC2)ccc1Cl. The number of nitrogens with zero attached hydrogens (tertiary/aromatic N) is 2. The Bertz CT molecular complexity index is 933. The molecular weight excluding hydrogens is 370 g/mol. The normalized spacial score (nSPS) is 15.6. The van der Waals surface area contributed by atoms with E-state index in [9.17, 15) is 0 Å². The third kappa shape index (κ3) is 4.40. The van der Waals surface area contributed by atoms with Gasteiger partial charge in [0.15, 0.2) is 0 Å². The van der Waals surface area contributed by atoms with E-state index in [1.807, 2.05) is 19.2 Å². The fourth-order valence-corrected chi connectivity index (χ4v) is 4.01. The number of piperidine rings is 1. The lowest BCUT2D eigenvalue weighted by Gasteiger charge is -2.33. The molecule has 1 fully saturated rings. The molecule has 3 aromatic rings. The lowest BCUT2D eigenvalue weighted by Crippen LogP contribution is -2.38. The zero-order chi connectivity index (χ0) is 19.3. The minimum atomic E-state index is 0.457. The zero-order valence-corrected chi connectivity index (χ0v) is 17.0. The highest BCUT2D eigenvalue weighted by atomic mass is 35.5. The summed E-state index contributed by atoms with van der Waals surface area (Å²) in [5.74, 6) is 1.77. The van der Waals surface area contributed by atoms with Crippen molar-refractivity contribution in [3.63, 3.8) is 0 Å². The zero-order valence-electron chi connectivity index (χ0n) is 16.2. The van der Waals surface area contributed by atoms with Crippen molar-refractivity contribution in [3.8, 4) is 5.75 Å². The fourth-order valence-electron chi connectivity index (χ4n) is 3.83. The summed E-state index contributed by atoms with van der Waals surface area (Å²) in [6.07, 6.45) is 4.10. The molecule has 4 rings (SSSR count). The van der Waals surface area contributed by atoms with Gasteiger partial charge >= 0.3 is 0 Å². The Morgan fingerprint density at radius 3 is 2.79 bits per heavy atom. The number of likely N-dealkylation sites (tertiary alicyclic amines) is 1. The van der Waals surface area contributed by atoms with Crippen LogP contribution in [0, 0.1) is 0 Å².